The molecule has 0 radical (unpaired) electrons. The number of amides is 2. The Kier molecular flexibility index (Phi) is 6.33. The molecule has 1 aliphatic heterocycles. The summed E-state index contributed by atoms with van der Waals surface area (Å²) in [6.45, 7) is 2.97. The van der Waals surface area contributed by atoms with Gasteiger partial charge in [0.25, 0.3) is 5.91 Å². The van der Waals surface area contributed by atoms with E-state index >= 15 is 0 Å². The summed E-state index contributed by atoms with van der Waals surface area (Å²) < 4.78 is 9.80. The minimum atomic E-state index is -0.325. The average Bonchev–Trinajstić information content (AvgIpc) is 3.11. The van der Waals surface area contributed by atoms with E-state index in [9.17, 15) is 9.59 Å². The number of piperidine rings is 1. The predicted octanol–water partition coefficient (Wildman–Crippen LogP) is 2.63. The third kappa shape index (κ3) is 5.00. The SMILES string of the molecule is COC(=O)N1CCC(NC(=O)c2cccnc2SCc2cc(C)on2)CC1. The molecule has 0 aromatic carbocycles. The van der Waals surface area contributed by atoms with Crippen molar-refractivity contribution in [1.82, 2.24) is 20.4 Å². The van der Waals surface area contributed by atoms with Crippen LogP contribution in [0.15, 0.2) is 33.9 Å². The summed E-state index contributed by atoms with van der Waals surface area (Å²) in [5.74, 6) is 1.17. The summed E-state index contributed by atoms with van der Waals surface area (Å²) in [5.41, 5.74) is 1.35. The number of aryl methyl sites for hydroxylation is 1. The molecule has 9 heteroatoms. The fourth-order valence-corrected chi connectivity index (χ4v) is 3.78. The number of carbonyl (C=O) groups excluding carboxylic acids is 2. The largest absolute Gasteiger partial charge is 0.453 e. The van der Waals surface area contributed by atoms with Gasteiger partial charge in [0.2, 0.25) is 0 Å². The number of aromatic nitrogens is 2. The minimum absolute atomic E-state index is 0.0228. The molecule has 1 fully saturated rings. The fraction of sp³-hybridized carbons (Fsp3) is 0.444. The fourth-order valence-electron chi connectivity index (χ4n) is 2.91. The van der Waals surface area contributed by atoms with Crippen molar-refractivity contribution in [3.63, 3.8) is 0 Å². The molecule has 0 atom stereocenters. The maximum atomic E-state index is 12.7. The molecule has 8 nitrogen and oxygen atoms in total. The molecule has 3 heterocycles. The second kappa shape index (κ2) is 8.90. The van der Waals surface area contributed by atoms with Crippen molar-refractivity contribution in [3.05, 3.63) is 41.4 Å². The molecule has 1 saturated heterocycles. The first-order valence-corrected chi connectivity index (χ1v) is 9.69. The molecule has 144 valence electrons. The van der Waals surface area contributed by atoms with Crippen LogP contribution in [-0.4, -0.2) is 53.3 Å². The lowest BCUT2D eigenvalue weighted by molar-refractivity contribution is 0.0889. The average molecular weight is 390 g/mol. The van der Waals surface area contributed by atoms with Crippen molar-refractivity contribution in [1.29, 1.82) is 0 Å². The minimum Gasteiger partial charge on any atom is -0.453 e. The Morgan fingerprint density at radius 2 is 2.19 bits per heavy atom. The quantitative estimate of drug-likeness (QED) is 0.784. The summed E-state index contributed by atoms with van der Waals surface area (Å²) in [7, 11) is 1.37. The highest BCUT2D eigenvalue weighted by molar-refractivity contribution is 7.98. The van der Waals surface area contributed by atoms with E-state index in [0.29, 0.717) is 42.3 Å². The third-order valence-electron chi connectivity index (χ3n) is 4.31. The number of rotatable bonds is 5. The van der Waals surface area contributed by atoms with E-state index in [-0.39, 0.29) is 18.0 Å². The lowest BCUT2D eigenvalue weighted by atomic mass is 10.0. The Morgan fingerprint density at radius 1 is 1.41 bits per heavy atom. The highest BCUT2D eigenvalue weighted by atomic mass is 32.2. The zero-order valence-corrected chi connectivity index (χ0v) is 16.1. The number of ether oxygens (including phenoxy) is 1. The van der Waals surface area contributed by atoms with E-state index in [4.69, 9.17) is 9.26 Å². The van der Waals surface area contributed by atoms with Crippen molar-refractivity contribution in [2.24, 2.45) is 0 Å². The van der Waals surface area contributed by atoms with E-state index in [2.05, 4.69) is 15.5 Å². The van der Waals surface area contributed by atoms with Crippen molar-refractivity contribution >= 4 is 23.8 Å². The van der Waals surface area contributed by atoms with Crippen molar-refractivity contribution in [2.45, 2.75) is 36.6 Å². The third-order valence-corrected chi connectivity index (χ3v) is 5.35. The summed E-state index contributed by atoms with van der Waals surface area (Å²) in [4.78, 5) is 30.2. The van der Waals surface area contributed by atoms with Crippen molar-refractivity contribution in [2.75, 3.05) is 20.2 Å². The maximum absolute atomic E-state index is 12.7. The van der Waals surface area contributed by atoms with E-state index < -0.39 is 0 Å². The number of hydrogen-bond donors (Lipinski definition) is 1. The number of thioether (sulfide) groups is 1. The van der Waals surface area contributed by atoms with Gasteiger partial charge in [-0.1, -0.05) is 16.9 Å². The lowest BCUT2D eigenvalue weighted by Gasteiger charge is -2.31. The Balaban J connectivity index is 1.58. The summed E-state index contributed by atoms with van der Waals surface area (Å²) in [6.07, 6.45) is 2.74. The molecular formula is C18H22N4O4S. The predicted molar refractivity (Wildman–Crippen MR) is 99.5 cm³/mol. The van der Waals surface area contributed by atoms with E-state index in [1.807, 2.05) is 13.0 Å². The van der Waals surface area contributed by atoms with Crippen LogP contribution in [0.4, 0.5) is 4.79 Å². The van der Waals surface area contributed by atoms with Crippen LogP contribution < -0.4 is 5.32 Å². The van der Waals surface area contributed by atoms with Gasteiger partial charge < -0.3 is 19.5 Å². The first-order valence-electron chi connectivity index (χ1n) is 8.70. The van der Waals surface area contributed by atoms with Gasteiger partial charge in [0.15, 0.2) is 0 Å². The second-order valence-corrected chi connectivity index (χ2v) is 7.24. The molecule has 2 aromatic heterocycles. The van der Waals surface area contributed by atoms with Gasteiger partial charge in [0.1, 0.15) is 10.8 Å². The number of methoxy groups -OCH3 is 1. The first kappa shape index (κ1) is 19.2. The van der Waals surface area contributed by atoms with E-state index in [0.717, 1.165) is 11.5 Å². The second-order valence-electron chi connectivity index (χ2n) is 6.28. The summed E-state index contributed by atoms with van der Waals surface area (Å²) in [6, 6.07) is 5.40. The van der Waals surface area contributed by atoms with E-state index in [1.54, 1.807) is 23.2 Å². The van der Waals surface area contributed by atoms with Gasteiger partial charge in [-0.05, 0) is 31.9 Å². The number of carbonyl (C=O) groups is 2. The van der Waals surface area contributed by atoms with Crippen LogP contribution in [-0.2, 0) is 10.5 Å². The molecule has 0 aliphatic carbocycles. The Labute approximate surface area is 161 Å². The Bertz CT molecular complexity index is 802. The number of nitrogens with zero attached hydrogens (tertiary/aromatic N) is 3. The van der Waals surface area contributed by atoms with Crippen LogP contribution >= 0.6 is 11.8 Å². The lowest BCUT2D eigenvalue weighted by Crippen LogP contribution is -2.46. The number of hydrogen-bond acceptors (Lipinski definition) is 7. The molecule has 0 unspecified atom stereocenters. The molecular weight excluding hydrogens is 368 g/mol. The monoisotopic (exact) mass is 390 g/mol. The van der Waals surface area contributed by atoms with Crippen LogP contribution in [0.1, 0.15) is 34.7 Å². The molecule has 2 aromatic rings. The first-order chi connectivity index (χ1) is 13.1. The molecule has 27 heavy (non-hydrogen) atoms. The van der Waals surface area contributed by atoms with Crippen LogP contribution in [0.25, 0.3) is 0 Å². The molecule has 2 amide bonds. The van der Waals surface area contributed by atoms with Crippen LogP contribution in [0.5, 0.6) is 0 Å². The molecule has 1 aliphatic rings. The van der Waals surface area contributed by atoms with Gasteiger partial charge in [-0.25, -0.2) is 9.78 Å². The van der Waals surface area contributed by atoms with E-state index in [1.165, 1.54) is 18.9 Å². The molecule has 1 N–H and O–H groups in total. The zero-order chi connectivity index (χ0) is 19.2. The Hall–Kier alpha value is -2.55. The van der Waals surface area contributed by atoms with Crippen molar-refractivity contribution in [3.8, 4) is 0 Å². The number of likely N-dealkylation sites (tertiary alicyclic amines) is 1. The molecule has 0 spiro atoms. The van der Waals surface area contributed by atoms with Gasteiger partial charge in [0, 0.05) is 37.1 Å². The van der Waals surface area contributed by atoms with Gasteiger partial charge in [0.05, 0.1) is 18.4 Å². The van der Waals surface area contributed by atoms with Crippen LogP contribution in [0.3, 0.4) is 0 Å². The van der Waals surface area contributed by atoms with Gasteiger partial charge in [-0.15, -0.1) is 0 Å². The molecule has 0 bridgehead atoms. The summed E-state index contributed by atoms with van der Waals surface area (Å²) >= 11 is 1.45. The number of pyridine rings is 1. The van der Waals surface area contributed by atoms with Gasteiger partial charge in [-0.3, -0.25) is 4.79 Å². The molecule has 0 saturated carbocycles. The smallest absolute Gasteiger partial charge is 0.409 e. The zero-order valence-electron chi connectivity index (χ0n) is 15.3. The van der Waals surface area contributed by atoms with Crippen LogP contribution in [0, 0.1) is 6.92 Å². The standard InChI is InChI=1S/C18H22N4O4S/c1-12-10-14(21-26-12)11-27-17-15(4-3-7-19-17)16(23)20-13-5-8-22(9-6-13)18(24)25-2/h3-4,7,10,13H,5-6,8-9,11H2,1-2H3,(H,20,23). The van der Waals surface area contributed by atoms with Crippen LogP contribution in [0.2, 0.25) is 0 Å². The van der Waals surface area contributed by atoms with Gasteiger partial charge in [-0.2, -0.15) is 0 Å². The molecule has 3 rings (SSSR count). The number of nitrogens with one attached hydrogen (secondary N) is 1. The summed E-state index contributed by atoms with van der Waals surface area (Å²) in [5, 5.41) is 7.67. The maximum Gasteiger partial charge on any atom is 0.409 e. The normalized spacial score (nSPS) is 14.8. The van der Waals surface area contributed by atoms with Crippen molar-refractivity contribution < 1.29 is 18.8 Å². The van der Waals surface area contributed by atoms with Gasteiger partial charge >= 0.3 is 6.09 Å². The highest BCUT2D eigenvalue weighted by Crippen LogP contribution is 2.24. The highest BCUT2D eigenvalue weighted by Gasteiger charge is 2.25. The topological polar surface area (TPSA) is 97.6 Å². The Morgan fingerprint density at radius 3 is 2.85 bits per heavy atom.